The van der Waals surface area contributed by atoms with Gasteiger partial charge in [-0.05, 0) is 25.7 Å². The maximum Gasteiger partial charge on any atom is 0.176 e. The largest absolute Gasteiger partial charge is 0.378 e. The highest BCUT2D eigenvalue weighted by Crippen LogP contribution is 2.32. The van der Waals surface area contributed by atoms with Crippen LogP contribution in [0.15, 0.2) is 60.7 Å². The highest BCUT2D eigenvalue weighted by Gasteiger charge is 2.33. The van der Waals surface area contributed by atoms with Gasteiger partial charge in [0.2, 0.25) is 0 Å². The molecule has 2 nitrogen and oxygen atoms in total. The molecular formula is C20H20O2. The Kier molecular flexibility index (Phi) is 4.02. The summed E-state index contributed by atoms with van der Waals surface area (Å²) in [6.45, 7) is 0. The van der Waals surface area contributed by atoms with Crippen LogP contribution in [0.1, 0.15) is 36.8 Å². The maximum absolute atomic E-state index is 11.2. The first-order chi connectivity index (χ1) is 10.6. The number of rotatable bonds is 2. The second-order valence-electron chi connectivity index (χ2n) is 5.93. The van der Waals surface area contributed by atoms with Crippen LogP contribution in [0, 0.1) is 11.8 Å². The maximum atomic E-state index is 11.2. The molecule has 2 aromatic carbocycles. The zero-order valence-corrected chi connectivity index (χ0v) is 12.5. The zero-order chi connectivity index (χ0) is 15.5. The first-order valence-corrected chi connectivity index (χ1v) is 7.73. The molecule has 1 aliphatic rings. The highest BCUT2D eigenvalue weighted by atomic mass is 16.3. The van der Waals surface area contributed by atoms with E-state index in [1.807, 2.05) is 60.7 Å². The number of hydrogen-bond acceptors (Lipinski definition) is 2. The van der Waals surface area contributed by atoms with E-state index in [1.54, 1.807) is 0 Å². The number of aliphatic hydroxyl groups is 2. The van der Waals surface area contributed by atoms with Crippen LogP contribution in [0.3, 0.4) is 0 Å². The van der Waals surface area contributed by atoms with E-state index in [-0.39, 0.29) is 0 Å². The minimum Gasteiger partial charge on any atom is -0.378 e. The lowest BCUT2D eigenvalue weighted by molar-refractivity contribution is 0.106. The number of benzene rings is 2. The molecule has 0 spiro atoms. The monoisotopic (exact) mass is 292 g/mol. The van der Waals surface area contributed by atoms with Crippen molar-refractivity contribution >= 4 is 0 Å². The van der Waals surface area contributed by atoms with Gasteiger partial charge in [-0.1, -0.05) is 72.5 Å². The van der Waals surface area contributed by atoms with Crippen molar-refractivity contribution in [3.63, 3.8) is 0 Å². The Bertz CT molecular complexity index is 634. The summed E-state index contributed by atoms with van der Waals surface area (Å²) < 4.78 is 0. The van der Waals surface area contributed by atoms with Crippen LogP contribution < -0.4 is 0 Å². The Morgan fingerprint density at radius 3 is 1.73 bits per heavy atom. The number of hydrogen-bond donors (Lipinski definition) is 2. The van der Waals surface area contributed by atoms with E-state index < -0.39 is 11.2 Å². The molecule has 0 atom stereocenters. The molecule has 0 bridgehead atoms. The third kappa shape index (κ3) is 2.92. The molecule has 2 N–H and O–H groups in total. The van der Waals surface area contributed by atoms with Crippen LogP contribution in [-0.4, -0.2) is 15.8 Å². The molecule has 0 amide bonds. The molecular weight excluding hydrogens is 272 g/mol. The Balaban J connectivity index is 2.07. The summed E-state index contributed by atoms with van der Waals surface area (Å²) in [6.07, 6.45) is 3.33. The van der Waals surface area contributed by atoms with Gasteiger partial charge in [-0.3, -0.25) is 0 Å². The third-order valence-electron chi connectivity index (χ3n) is 4.29. The fourth-order valence-electron chi connectivity index (χ4n) is 2.96. The van der Waals surface area contributed by atoms with E-state index in [0.29, 0.717) is 12.8 Å². The smallest absolute Gasteiger partial charge is 0.176 e. The van der Waals surface area contributed by atoms with Crippen molar-refractivity contribution in [3.05, 3.63) is 71.8 Å². The van der Waals surface area contributed by atoms with Crippen molar-refractivity contribution in [2.45, 2.75) is 36.9 Å². The summed E-state index contributed by atoms with van der Waals surface area (Å²) in [5.74, 6) is 5.92. The van der Waals surface area contributed by atoms with Gasteiger partial charge in [0, 0.05) is 11.1 Å². The highest BCUT2D eigenvalue weighted by molar-refractivity contribution is 5.45. The first kappa shape index (κ1) is 14.8. The minimum absolute atomic E-state index is 0.680. The second kappa shape index (κ2) is 5.96. The van der Waals surface area contributed by atoms with Gasteiger partial charge in [0.15, 0.2) is 5.60 Å². The van der Waals surface area contributed by atoms with Crippen molar-refractivity contribution in [1.29, 1.82) is 0 Å². The van der Waals surface area contributed by atoms with Gasteiger partial charge in [-0.25, -0.2) is 0 Å². The van der Waals surface area contributed by atoms with Crippen LogP contribution in [0.2, 0.25) is 0 Å². The molecule has 0 radical (unpaired) electrons. The van der Waals surface area contributed by atoms with Crippen LogP contribution in [-0.2, 0) is 5.60 Å². The van der Waals surface area contributed by atoms with E-state index in [1.165, 1.54) is 0 Å². The minimum atomic E-state index is -1.40. The summed E-state index contributed by atoms with van der Waals surface area (Å²) in [4.78, 5) is 0. The van der Waals surface area contributed by atoms with E-state index in [0.717, 1.165) is 24.0 Å². The standard InChI is InChI=1S/C20H20O2/c21-19(13-7-8-14-19)15-16-20(22,17-9-3-1-4-10-17)18-11-5-2-6-12-18/h1-6,9-12,21-22H,7-8,13-14H2. The summed E-state index contributed by atoms with van der Waals surface area (Å²) in [5, 5.41) is 21.7. The average Bonchev–Trinajstić information content (AvgIpc) is 3.01. The predicted octanol–water partition coefficient (Wildman–Crippen LogP) is 3.23. The lowest BCUT2D eigenvalue weighted by atomic mass is 9.86. The van der Waals surface area contributed by atoms with Crippen molar-refractivity contribution in [2.75, 3.05) is 0 Å². The Hall–Kier alpha value is -2.08. The van der Waals surface area contributed by atoms with Gasteiger partial charge in [0.1, 0.15) is 5.60 Å². The van der Waals surface area contributed by atoms with Gasteiger partial charge < -0.3 is 10.2 Å². The van der Waals surface area contributed by atoms with Gasteiger partial charge >= 0.3 is 0 Å². The molecule has 1 fully saturated rings. The molecule has 0 aliphatic heterocycles. The van der Waals surface area contributed by atoms with Gasteiger partial charge in [-0.2, -0.15) is 0 Å². The molecule has 0 heterocycles. The molecule has 1 saturated carbocycles. The van der Waals surface area contributed by atoms with Crippen LogP contribution in [0.25, 0.3) is 0 Å². The molecule has 112 valence electrons. The zero-order valence-electron chi connectivity index (χ0n) is 12.5. The normalized spacial score (nSPS) is 16.8. The lowest BCUT2D eigenvalue weighted by Crippen LogP contribution is -2.28. The molecule has 0 saturated heterocycles. The van der Waals surface area contributed by atoms with Gasteiger partial charge in [0.05, 0.1) is 0 Å². The fraction of sp³-hybridized carbons (Fsp3) is 0.300. The Morgan fingerprint density at radius 2 is 1.27 bits per heavy atom. The fourth-order valence-corrected chi connectivity index (χ4v) is 2.96. The molecule has 1 aliphatic carbocycles. The molecule has 3 rings (SSSR count). The quantitative estimate of drug-likeness (QED) is 0.834. The first-order valence-electron chi connectivity index (χ1n) is 7.73. The van der Waals surface area contributed by atoms with E-state index in [2.05, 4.69) is 11.8 Å². The van der Waals surface area contributed by atoms with E-state index in [4.69, 9.17) is 0 Å². The van der Waals surface area contributed by atoms with Crippen LogP contribution >= 0.6 is 0 Å². The third-order valence-corrected chi connectivity index (χ3v) is 4.29. The molecule has 22 heavy (non-hydrogen) atoms. The summed E-state index contributed by atoms with van der Waals surface area (Å²) in [7, 11) is 0. The molecule has 0 unspecified atom stereocenters. The Labute approximate surface area is 131 Å². The van der Waals surface area contributed by atoms with Crippen molar-refractivity contribution in [3.8, 4) is 11.8 Å². The van der Waals surface area contributed by atoms with Crippen molar-refractivity contribution in [2.24, 2.45) is 0 Å². The van der Waals surface area contributed by atoms with Gasteiger partial charge in [-0.15, -0.1) is 0 Å². The van der Waals surface area contributed by atoms with Crippen LogP contribution in [0.5, 0.6) is 0 Å². The van der Waals surface area contributed by atoms with Crippen molar-refractivity contribution in [1.82, 2.24) is 0 Å². The molecule has 2 heteroatoms. The Morgan fingerprint density at radius 1 is 0.818 bits per heavy atom. The molecule has 2 aromatic rings. The second-order valence-corrected chi connectivity index (χ2v) is 5.93. The lowest BCUT2D eigenvalue weighted by Gasteiger charge is -2.24. The summed E-state index contributed by atoms with van der Waals surface area (Å²) in [6, 6.07) is 18.8. The van der Waals surface area contributed by atoms with Crippen LogP contribution in [0.4, 0.5) is 0 Å². The van der Waals surface area contributed by atoms with E-state index in [9.17, 15) is 10.2 Å². The SMILES string of the molecule is OC1(C#CC(O)(c2ccccc2)c2ccccc2)CCCC1. The topological polar surface area (TPSA) is 40.5 Å². The van der Waals surface area contributed by atoms with E-state index >= 15 is 0 Å². The molecule has 0 aromatic heterocycles. The predicted molar refractivity (Wildman–Crippen MR) is 87.1 cm³/mol. The van der Waals surface area contributed by atoms with Gasteiger partial charge in [0.25, 0.3) is 0 Å². The summed E-state index contributed by atoms with van der Waals surface area (Å²) in [5.41, 5.74) is -0.927. The van der Waals surface area contributed by atoms with Crippen molar-refractivity contribution < 1.29 is 10.2 Å². The average molecular weight is 292 g/mol. The summed E-state index contributed by atoms with van der Waals surface area (Å²) >= 11 is 0.